The van der Waals surface area contributed by atoms with Crippen molar-refractivity contribution < 1.29 is 9.53 Å². The van der Waals surface area contributed by atoms with E-state index in [4.69, 9.17) is 4.74 Å². The summed E-state index contributed by atoms with van der Waals surface area (Å²) in [5.74, 6) is 1.81. The van der Waals surface area contributed by atoms with Crippen LogP contribution in [0.1, 0.15) is 23.6 Å². The fourth-order valence-electron chi connectivity index (χ4n) is 2.73. The number of carbonyl (C=O) groups is 1. The van der Waals surface area contributed by atoms with Gasteiger partial charge in [-0.2, -0.15) is 0 Å². The minimum absolute atomic E-state index is 0.0742. The Balaban J connectivity index is 1.60. The van der Waals surface area contributed by atoms with Gasteiger partial charge in [-0.05, 0) is 24.1 Å². The van der Waals surface area contributed by atoms with Crippen LogP contribution in [-0.2, 0) is 6.54 Å². The Morgan fingerprint density at radius 1 is 1.22 bits per heavy atom. The van der Waals surface area contributed by atoms with Crippen LogP contribution >= 0.6 is 11.8 Å². The normalized spacial score (nSPS) is 16.3. The Hall–Kier alpha value is -2.14. The molecule has 2 aromatic rings. The zero-order valence-electron chi connectivity index (χ0n) is 13.0. The fourth-order valence-corrected chi connectivity index (χ4v) is 3.85. The first kappa shape index (κ1) is 15.7. The molecule has 0 saturated carbocycles. The molecule has 0 aromatic heterocycles. The number of amides is 2. The summed E-state index contributed by atoms with van der Waals surface area (Å²) in [5, 5.41) is 5.99. The van der Waals surface area contributed by atoms with Crippen molar-refractivity contribution in [1.82, 2.24) is 10.6 Å². The summed E-state index contributed by atoms with van der Waals surface area (Å²) in [6, 6.07) is 15.9. The minimum atomic E-state index is -0.150. The standard InChI is InChI=1S/C18H20N2O2S/c1-22-16-8-4-2-6-13(16)12-19-18(21)20-15-10-11-23-17-9-5-3-7-14(15)17/h2-9,15H,10-12H2,1H3,(H2,19,20,21). The summed E-state index contributed by atoms with van der Waals surface area (Å²) in [5.41, 5.74) is 2.17. The highest BCUT2D eigenvalue weighted by molar-refractivity contribution is 7.99. The molecule has 1 aliphatic heterocycles. The van der Waals surface area contributed by atoms with Crippen molar-refractivity contribution in [3.63, 3.8) is 0 Å². The van der Waals surface area contributed by atoms with Crippen molar-refractivity contribution >= 4 is 17.8 Å². The van der Waals surface area contributed by atoms with E-state index in [1.807, 2.05) is 48.2 Å². The number of carbonyl (C=O) groups excluding carboxylic acids is 1. The number of benzene rings is 2. The molecular weight excluding hydrogens is 308 g/mol. The van der Waals surface area contributed by atoms with Crippen LogP contribution in [0.15, 0.2) is 53.4 Å². The molecule has 120 valence electrons. The second kappa shape index (κ2) is 7.42. The SMILES string of the molecule is COc1ccccc1CNC(=O)NC1CCSc2ccccc21. The molecule has 0 spiro atoms. The van der Waals surface area contributed by atoms with Crippen LogP contribution in [0, 0.1) is 0 Å². The Bertz CT molecular complexity index is 690. The molecule has 0 radical (unpaired) electrons. The van der Waals surface area contributed by atoms with Crippen molar-refractivity contribution in [3.8, 4) is 5.75 Å². The highest BCUT2D eigenvalue weighted by Gasteiger charge is 2.21. The third-order valence-electron chi connectivity index (χ3n) is 3.90. The average molecular weight is 328 g/mol. The number of ether oxygens (including phenoxy) is 1. The first-order chi connectivity index (χ1) is 11.3. The summed E-state index contributed by atoms with van der Waals surface area (Å²) in [6.45, 7) is 0.443. The van der Waals surface area contributed by atoms with Crippen LogP contribution in [0.5, 0.6) is 5.75 Å². The number of nitrogens with one attached hydrogen (secondary N) is 2. The molecule has 0 bridgehead atoms. The number of fused-ring (bicyclic) bond motifs is 1. The lowest BCUT2D eigenvalue weighted by Crippen LogP contribution is -2.38. The van der Waals surface area contributed by atoms with Gasteiger partial charge in [-0.3, -0.25) is 0 Å². The highest BCUT2D eigenvalue weighted by atomic mass is 32.2. The minimum Gasteiger partial charge on any atom is -0.496 e. The second-order valence-electron chi connectivity index (χ2n) is 5.37. The predicted octanol–water partition coefficient (Wildman–Crippen LogP) is 3.73. The third-order valence-corrected chi connectivity index (χ3v) is 5.02. The van der Waals surface area contributed by atoms with E-state index < -0.39 is 0 Å². The van der Waals surface area contributed by atoms with Gasteiger partial charge < -0.3 is 15.4 Å². The molecule has 0 saturated heterocycles. The lowest BCUT2D eigenvalue weighted by Gasteiger charge is -2.26. The van der Waals surface area contributed by atoms with Crippen molar-refractivity contribution in [2.45, 2.75) is 23.9 Å². The maximum atomic E-state index is 12.2. The number of urea groups is 1. The van der Waals surface area contributed by atoms with Gasteiger partial charge in [-0.15, -0.1) is 11.8 Å². The molecule has 5 heteroatoms. The molecule has 23 heavy (non-hydrogen) atoms. The Kier molecular flexibility index (Phi) is 5.08. The monoisotopic (exact) mass is 328 g/mol. The Morgan fingerprint density at radius 2 is 2.00 bits per heavy atom. The molecule has 2 N–H and O–H groups in total. The van der Waals surface area contributed by atoms with Gasteiger partial charge in [0.05, 0.1) is 13.2 Å². The van der Waals surface area contributed by atoms with Crippen LogP contribution in [0.25, 0.3) is 0 Å². The molecular formula is C18H20N2O2S. The smallest absolute Gasteiger partial charge is 0.315 e. The van der Waals surface area contributed by atoms with E-state index in [1.54, 1.807) is 7.11 Å². The van der Waals surface area contributed by atoms with Crippen LogP contribution in [0.4, 0.5) is 4.79 Å². The van der Waals surface area contributed by atoms with Gasteiger partial charge in [-0.25, -0.2) is 4.79 Å². The van der Waals surface area contributed by atoms with Crippen LogP contribution in [0.3, 0.4) is 0 Å². The van der Waals surface area contributed by atoms with Crippen LogP contribution in [0.2, 0.25) is 0 Å². The van der Waals surface area contributed by atoms with Crippen molar-refractivity contribution in [2.24, 2.45) is 0 Å². The Labute approximate surface area is 140 Å². The first-order valence-corrected chi connectivity index (χ1v) is 8.64. The first-order valence-electron chi connectivity index (χ1n) is 7.66. The third kappa shape index (κ3) is 3.79. The maximum absolute atomic E-state index is 12.2. The average Bonchev–Trinajstić information content (AvgIpc) is 2.60. The molecule has 2 amide bonds. The topological polar surface area (TPSA) is 50.4 Å². The van der Waals surface area contributed by atoms with E-state index in [1.165, 1.54) is 10.5 Å². The quantitative estimate of drug-likeness (QED) is 0.899. The summed E-state index contributed by atoms with van der Waals surface area (Å²) in [4.78, 5) is 13.5. The number of methoxy groups -OCH3 is 1. The van der Waals surface area contributed by atoms with Crippen molar-refractivity contribution in [2.75, 3.05) is 12.9 Å². The zero-order valence-corrected chi connectivity index (χ0v) is 13.9. The highest BCUT2D eigenvalue weighted by Crippen LogP contribution is 2.35. The molecule has 4 nitrogen and oxygen atoms in total. The van der Waals surface area contributed by atoms with E-state index in [0.717, 1.165) is 23.5 Å². The molecule has 1 atom stereocenters. The largest absolute Gasteiger partial charge is 0.496 e. The van der Waals surface area contributed by atoms with E-state index in [2.05, 4.69) is 22.8 Å². The lowest BCUT2D eigenvalue weighted by atomic mass is 10.0. The number of hydrogen-bond acceptors (Lipinski definition) is 3. The van der Waals surface area contributed by atoms with E-state index in [-0.39, 0.29) is 12.1 Å². The lowest BCUT2D eigenvalue weighted by molar-refractivity contribution is 0.236. The number of rotatable bonds is 4. The van der Waals surface area contributed by atoms with Gasteiger partial charge in [0.15, 0.2) is 0 Å². The van der Waals surface area contributed by atoms with Gasteiger partial charge >= 0.3 is 6.03 Å². The molecule has 2 aromatic carbocycles. The van der Waals surface area contributed by atoms with Gasteiger partial charge in [-0.1, -0.05) is 36.4 Å². The summed E-state index contributed by atoms with van der Waals surface area (Å²) >= 11 is 1.85. The fraction of sp³-hybridized carbons (Fsp3) is 0.278. The van der Waals surface area contributed by atoms with Crippen molar-refractivity contribution in [1.29, 1.82) is 0 Å². The maximum Gasteiger partial charge on any atom is 0.315 e. The predicted molar refractivity (Wildman–Crippen MR) is 92.9 cm³/mol. The number of thioether (sulfide) groups is 1. The van der Waals surface area contributed by atoms with E-state index in [9.17, 15) is 4.79 Å². The van der Waals surface area contributed by atoms with E-state index >= 15 is 0 Å². The van der Waals surface area contributed by atoms with Gasteiger partial charge in [0.25, 0.3) is 0 Å². The van der Waals surface area contributed by atoms with Crippen LogP contribution in [-0.4, -0.2) is 18.9 Å². The van der Waals surface area contributed by atoms with Gasteiger partial charge in [0, 0.05) is 22.8 Å². The van der Waals surface area contributed by atoms with E-state index in [0.29, 0.717) is 6.54 Å². The number of para-hydroxylation sites is 1. The van der Waals surface area contributed by atoms with Gasteiger partial charge in [0.2, 0.25) is 0 Å². The zero-order chi connectivity index (χ0) is 16.1. The molecule has 1 aliphatic rings. The molecule has 1 unspecified atom stereocenters. The molecule has 0 aliphatic carbocycles. The number of hydrogen-bond donors (Lipinski definition) is 2. The summed E-state index contributed by atoms with van der Waals surface area (Å²) in [6.07, 6.45) is 0.948. The van der Waals surface area contributed by atoms with Crippen LogP contribution < -0.4 is 15.4 Å². The summed E-state index contributed by atoms with van der Waals surface area (Å²) < 4.78 is 5.30. The molecule has 1 heterocycles. The second-order valence-corrected chi connectivity index (χ2v) is 6.50. The van der Waals surface area contributed by atoms with Gasteiger partial charge in [0.1, 0.15) is 5.75 Å². The molecule has 0 fully saturated rings. The molecule has 3 rings (SSSR count). The summed E-state index contributed by atoms with van der Waals surface area (Å²) in [7, 11) is 1.63. The van der Waals surface area contributed by atoms with Crippen molar-refractivity contribution in [3.05, 3.63) is 59.7 Å². The Morgan fingerprint density at radius 3 is 2.87 bits per heavy atom.